The van der Waals surface area contributed by atoms with Gasteiger partial charge in [-0.2, -0.15) is 5.10 Å². The Labute approximate surface area is 248 Å². The molecular weight excluding hydrogens is 530 g/mol. The van der Waals surface area contributed by atoms with Crippen molar-refractivity contribution in [2.24, 2.45) is 5.10 Å². The van der Waals surface area contributed by atoms with Gasteiger partial charge in [0.25, 0.3) is 0 Å². The van der Waals surface area contributed by atoms with Gasteiger partial charge in [0.2, 0.25) is 0 Å². The highest BCUT2D eigenvalue weighted by Gasteiger charge is 2.23. The highest BCUT2D eigenvalue weighted by atomic mass is 15.3. The topological polar surface area (TPSA) is 99.8 Å². The fourth-order valence-electron chi connectivity index (χ4n) is 5.03. The molecule has 0 unspecified atom stereocenters. The summed E-state index contributed by atoms with van der Waals surface area (Å²) in [6.07, 6.45) is 7.29. The fraction of sp³-hybridized carbons (Fsp3) is 0. The fourth-order valence-corrected chi connectivity index (χ4v) is 5.03. The van der Waals surface area contributed by atoms with Gasteiger partial charge in [0.05, 0.1) is 45.6 Å². The third-order valence-electron chi connectivity index (χ3n) is 7.11. The lowest BCUT2D eigenvalue weighted by Gasteiger charge is -2.18. The van der Waals surface area contributed by atoms with E-state index in [2.05, 4.69) is 33.6 Å². The van der Waals surface area contributed by atoms with Crippen molar-refractivity contribution in [3.05, 3.63) is 151 Å². The van der Waals surface area contributed by atoms with Crippen LogP contribution in [0.4, 0.5) is 5.69 Å². The van der Waals surface area contributed by atoms with Gasteiger partial charge in [0.1, 0.15) is 5.71 Å². The van der Waals surface area contributed by atoms with E-state index < -0.39 is 0 Å². The molecule has 0 saturated carbocycles. The first-order valence-electron chi connectivity index (χ1n) is 13.8. The molecule has 0 aliphatic heterocycles. The van der Waals surface area contributed by atoms with Gasteiger partial charge in [0.15, 0.2) is 0 Å². The minimum Gasteiger partial charge on any atom is -0.299 e. The number of aromatic nitrogens is 4. The van der Waals surface area contributed by atoms with Crippen LogP contribution in [0.2, 0.25) is 0 Å². The van der Waals surface area contributed by atoms with Crippen molar-refractivity contribution in [1.82, 2.24) is 19.9 Å². The van der Waals surface area contributed by atoms with Crippen LogP contribution in [0.1, 0.15) is 11.4 Å². The quantitative estimate of drug-likeness (QED) is 0.162. The second-order valence-corrected chi connectivity index (χ2v) is 9.92. The van der Waals surface area contributed by atoms with Crippen molar-refractivity contribution in [2.45, 2.75) is 0 Å². The van der Waals surface area contributed by atoms with Gasteiger partial charge in [0, 0.05) is 28.9 Å². The maximum Gasteiger partial charge on any atom is 0.118 e. The molecule has 0 amide bonds. The van der Waals surface area contributed by atoms with Gasteiger partial charge < -0.3 is 0 Å². The average molecular weight is 556 g/mol. The van der Waals surface area contributed by atoms with Crippen LogP contribution in [-0.2, 0) is 0 Å². The van der Waals surface area contributed by atoms with Crippen LogP contribution >= 0.6 is 0 Å². The normalized spacial score (nSPS) is 14.0. The smallest absolute Gasteiger partial charge is 0.118 e. The summed E-state index contributed by atoms with van der Waals surface area (Å²) in [6.45, 7) is 0. The van der Waals surface area contributed by atoms with Crippen LogP contribution in [-0.4, -0.2) is 31.4 Å². The number of hydrazone groups is 1. The molecular formula is C36H25N7. The Hall–Kier alpha value is -6.08. The zero-order valence-electron chi connectivity index (χ0n) is 23.0. The molecule has 7 heteroatoms. The van der Waals surface area contributed by atoms with Crippen molar-refractivity contribution in [2.75, 3.05) is 5.43 Å². The molecule has 0 saturated heterocycles. The highest BCUT2D eigenvalue weighted by molar-refractivity contribution is 6.62. The molecule has 7 rings (SSSR count). The molecule has 204 valence electrons. The van der Waals surface area contributed by atoms with Gasteiger partial charge in [-0.05, 0) is 72.1 Å². The summed E-state index contributed by atoms with van der Waals surface area (Å²) in [5.41, 5.74) is 10.7. The molecule has 0 spiro atoms. The van der Waals surface area contributed by atoms with Crippen LogP contribution in [0.15, 0.2) is 145 Å². The van der Waals surface area contributed by atoms with Crippen molar-refractivity contribution >= 4 is 39.0 Å². The van der Waals surface area contributed by atoms with Gasteiger partial charge >= 0.3 is 0 Å². The number of rotatable bonds is 6. The first-order valence-corrected chi connectivity index (χ1v) is 13.8. The molecule has 4 aromatic heterocycles. The lowest BCUT2D eigenvalue weighted by atomic mass is 9.91. The van der Waals surface area contributed by atoms with E-state index in [0.717, 1.165) is 50.5 Å². The number of fused-ring (bicyclic) bond motifs is 1. The van der Waals surface area contributed by atoms with Gasteiger partial charge in [-0.1, -0.05) is 60.7 Å². The minimum atomic E-state index is 0.246. The van der Waals surface area contributed by atoms with Crippen molar-refractivity contribution in [1.29, 1.82) is 5.41 Å². The van der Waals surface area contributed by atoms with E-state index in [-0.39, 0.29) is 5.71 Å². The lowest BCUT2D eigenvalue weighted by Crippen LogP contribution is -2.20. The molecule has 0 radical (unpaired) electrons. The lowest BCUT2D eigenvalue weighted by molar-refractivity contribution is 1.22. The van der Waals surface area contributed by atoms with E-state index in [9.17, 15) is 0 Å². The maximum absolute atomic E-state index is 9.10. The van der Waals surface area contributed by atoms with Crippen molar-refractivity contribution < 1.29 is 0 Å². The van der Waals surface area contributed by atoms with E-state index in [1.807, 2.05) is 103 Å². The Morgan fingerprint density at radius 1 is 0.535 bits per heavy atom. The van der Waals surface area contributed by atoms with Crippen LogP contribution in [0.3, 0.4) is 0 Å². The summed E-state index contributed by atoms with van der Waals surface area (Å²) in [4.78, 5) is 18.8. The van der Waals surface area contributed by atoms with E-state index in [0.29, 0.717) is 17.0 Å². The number of allylic oxidation sites excluding steroid dienone is 4. The molecule has 2 aromatic carbocycles. The molecule has 6 aromatic rings. The van der Waals surface area contributed by atoms with Gasteiger partial charge in [-0.15, -0.1) is 0 Å². The van der Waals surface area contributed by atoms with Gasteiger partial charge in [-0.25, -0.2) is 9.97 Å². The Morgan fingerprint density at radius 2 is 1.12 bits per heavy atom. The standard InChI is InChI=1S/C36H25N7/c37-28-23-25(29-15-8-18-34(40-29)32-13-3-5-20-38-32)22-27(30-16-9-19-35(41-30)33-14-4-6-21-39-33)36(28)43-42-31-17-7-11-24-10-1-2-12-26(24)31/h1-23,37,42H/b37-28?,43-36-. The summed E-state index contributed by atoms with van der Waals surface area (Å²) < 4.78 is 0. The number of nitrogens with zero attached hydrogens (tertiary/aromatic N) is 5. The SMILES string of the molecule is N=C1C=C(c2cccc(-c3ccccn3)n2)C=C(c2cccc(-c3ccccn3)n2)/C1=N/Nc1cccc2ccccc12. The molecule has 43 heavy (non-hydrogen) atoms. The van der Waals surface area contributed by atoms with Crippen LogP contribution in [0.25, 0.3) is 44.7 Å². The number of benzene rings is 2. The second-order valence-electron chi connectivity index (χ2n) is 9.92. The highest BCUT2D eigenvalue weighted by Crippen LogP contribution is 2.30. The van der Waals surface area contributed by atoms with Gasteiger partial charge in [-0.3, -0.25) is 20.8 Å². The molecule has 7 nitrogen and oxygen atoms in total. The second kappa shape index (κ2) is 11.4. The Bertz CT molecular complexity index is 2060. The number of hydrogen-bond acceptors (Lipinski definition) is 7. The third-order valence-corrected chi connectivity index (χ3v) is 7.11. The Balaban J connectivity index is 1.33. The van der Waals surface area contributed by atoms with E-state index in [1.165, 1.54) is 0 Å². The zero-order valence-corrected chi connectivity index (χ0v) is 23.0. The summed E-state index contributed by atoms with van der Waals surface area (Å²) in [5, 5.41) is 16.0. The Kier molecular flexibility index (Phi) is 6.87. The predicted molar refractivity (Wildman–Crippen MR) is 174 cm³/mol. The first kappa shape index (κ1) is 25.9. The maximum atomic E-state index is 9.10. The minimum absolute atomic E-state index is 0.246. The van der Waals surface area contributed by atoms with E-state index in [1.54, 1.807) is 18.5 Å². The number of nitrogens with one attached hydrogen (secondary N) is 2. The van der Waals surface area contributed by atoms with E-state index >= 15 is 0 Å². The summed E-state index contributed by atoms with van der Waals surface area (Å²) in [5.74, 6) is 0. The molecule has 1 aliphatic carbocycles. The summed E-state index contributed by atoms with van der Waals surface area (Å²) in [6, 6.07) is 37.3. The number of hydrogen-bond donors (Lipinski definition) is 2. The molecule has 0 fully saturated rings. The van der Waals surface area contributed by atoms with Crippen LogP contribution in [0.5, 0.6) is 0 Å². The largest absolute Gasteiger partial charge is 0.299 e. The third kappa shape index (κ3) is 5.35. The van der Waals surface area contributed by atoms with Crippen molar-refractivity contribution in [3.63, 3.8) is 0 Å². The Morgan fingerprint density at radius 3 is 1.84 bits per heavy atom. The molecule has 1 aliphatic rings. The van der Waals surface area contributed by atoms with Crippen LogP contribution < -0.4 is 5.43 Å². The number of anilines is 1. The molecule has 2 N–H and O–H groups in total. The van der Waals surface area contributed by atoms with E-state index in [4.69, 9.17) is 20.5 Å². The molecule has 0 atom stereocenters. The summed E-state index contributed by atoms with van der Waals surface area (Å²) >= 11 is 0. The average Bonchev–Trinajstić information content (AvgIpc) is 3.08. The van der Waals surface area contributed by atoms with Crippen molar-refractivity contribution in [3.8, 4) is 22.8 Å². The summed E-state index contributed by atoms with van der Waals surface area (Å²) in [7, 11) is 0. The monoisotopic (exact) mass is 555 g/mol. The van der Waals surface area contributed by atoms with Crippen LogP contribution in [0, 0.1) is 5.41 Å². The number of pyridine rings is 4. The first-order chi connectivity index (χ1) is 21.2. The molecule has 0 bridgehead atoms. The predicted octanol–water partition coefficient (Wildman–Crippen LogP) is 7.72. The molecule has 4 heterocycles. The zero-order chi connectivity index (χ0) is 29.0.